The molecule has 0 atom stereocenters. The molecule has 3 rings (SSSR count). The first-order chi connectivity index (χ1) is 13.6. The van der Waals surface area contributed by atoms with E-state index in [0.29, 0.717) is 42.7 Å². The lowest BCUT2D eigenvalue weighted by atomic mass is 10.0. The smallest absolute Gasteiger partial charge is 0.243 e. The average molecular weight is 421 g/mol. The number of sulfonamides is 1. The van der Waals surface area contributed by atoms with Crippen molar-refractivity contribution in [3.05, 3.63) is 40.1 Å². The summed E-state index contributed by atoms with van der Waals surface area (Å²) in [6.07, 6.45) is 0. The zero-order chi connectivity index (χ0) is 21.3. The highest BCUT2D eigenvalue weighted by Gasteiger charge is 2.32. The van der Waals surface area contributed by atoms with E-state index in [0.717, 1.165) is 22.3 Å². The number of piperazine rings is 1. The van der Waals surface area contributed by atoms with Gasteiger partial charge in [-0.15, -0.1) is 0 Å². The van der Waals surface area contributed by atoms with Crippen molar-refractivity contribution in [2.45, 2.75) is 39.5 Å². The average Bonchev–Trinajstić information content (AvgIpc) is 3.05. The Labute approximate surface area is 171 Å². The van der Waals surface area contributed by atoms with Crippen LogP contribution in [-0.4, -0.2) is 61.4 Å². The lowest BCUT2D eigenvalue weighted by Gasteiger charge is -2.34. The Bertz CT molecular complexity index is 995. The van der Waals surface area contributed by atoms with Crippen LogP contribution in [0.3, 0.4) is 0 Å². The third-order valence-corrected chi connectivity index (χ3v) is 7.66. The monoisotopic (exact) mass is 420 g/mol. The third-order valence-electron chi connectivity index (χ3n) is 5.48. The normalized spacial score (nSPS) is 16.2. The first-order valence-electron chi connectivity index (χ1n) is 9.62. The van der Waals surface area contributed by atoms with Crippen molar-refractivity contribution < 1.29 is 17.7 Å². The van der Waals surface area contributed by atoms with Gasteiger partial charge in [0.05, 0.1) is 17.1 Å². The van der Waals surface area contributed by atoms with Crippen LogP contribution in [0, 0.1) is 34.6 Å². The van der Waals surface area contributed by atoms with Crippen LogP contribution in [0.2, 0.25) is 0 Å². The molecule has 0 radical (unpaired) electrons. The standard InChI is InChI=1S/C20H28N4O4S/c1-13-10-14(2)17(5)20(16(13)4)29(26,27)24-8-6-23(7-9-24)12-18(25)21-19-11-15(3)22-28-19/h10-11H,6-9,12H2,1-5H3,(H,21,25). The van der Waals surface area contributed by atoms with Gasteiger partial charge in [-0.05, 0) is 56.9 Å². The number of rotatable bonds is 5. The van der Waals surface area contributed by atoms with Crippen LogP contribution in [0.4, 0.5) is 5.88 Å². The van der Waals surface area contributed by atoms with Crippen molar-refractivity contribution in [1.82, 2.24) is 14.4 Å². The van der Waals surface area contributed by atoms with Gasteiger partial charge in [0, 0.05) is 32.2 Å². The summed E-state index contributed by atoms with van der Waals surface area (Å²) in [5.74, 6) is 0.105. The van der Waals surface area contributed by atoms with Gasteiger partial charge in [-0.2, -0.15) is 4.31 Å². The highest BCUT2D eigenvalue weighted by Crippen LogP contribution is 2.29. The predicted octanol–water partition coefficient (Wildman–Crippen LogP) is 2.16. The predicted molar refractivity (Wildman–Crippen MR) is 110 cm³/mol. The van der Waals surface area contributed by atoms with Crippen LogP contribution < -0.4 is 5.32 Å². The van der Waals surface area contributed by atoms with Crippen LogP contribution in [0.15, 0.2) is 21.6 Å². The molecule has 1 aliphatic rings. The lowest BCUT2D eigenvalue weighted by molar-refractivity contribution is -0.117. The van der Waals surface area contributed by atoms with Gasteiger partial charge in [-0.25, -0.2) is 8.42 Å². The van der Waals surface area contributed by atoms with Gasteiger partial charge in [0.25, 0.3) is 0 Å². The minimum absolute atomic E-state index is 0.176. The van der Waals surface area contributed by atoms with Crippen molar-refractivity contribution in [3.8, 4) is 0 Å². The summed E-state index contributed by atoms with van der Waals surface area (Å²) in [5.41, 5.74) is 4.25. The van der Waals surface area contributed by atoms with Crippen LogP contribution in [0.25, 0.3) is 0 Å². The summed E-state index contributed by atoms with van der Waals surface area (Å²) in [4.78, 5) is 14.5. The second kappa shape index (κ2) is 8.25. The SMILES string of the molecule is Cc1cc(NC(=O)CN2CCN(S(=O)(=O)c3c(C)c(C)cc(C)c3C)CC2)on1. The summed E-state index contributed by atoms with van der Waals surface area (Å²) in [6.45, 7) is 11.2. The minimum atomic E-state index is -3.58. The van der Waals surface area contributed by atoms with E-state index in [1.54, 1.807) is 13.0 Å². The maximum Gasteiger partial charge on any atom is 0.243 e. The van der Waals surface area contributed by atoms with Gasteiger partial charge in [0.15, 0.2) is 0 Å². The Balaban J connectivity index is 1.65. The Morgan fingerprint density at radius 1 is 1.03 bits per heavy atom. The number of benzene rings is 1. The molecule has 1 aromatic heterocycles. The largest absolute Gasteiger partial charge is 0.338 e. The molecule has 1 saturated heterocycles. The molecule has 158 valence electrons. The zero-order valence-corrected chi connectivity index (χ0v) is 18.4. The molecular weight excluding hydrogens is 392 g/mol. The van der Waals surface area contributed by atoms with Gasteiger partial charge in [0.1, 0.15) is 0 Å². The highest BCUT2D eigenvalue weighted by molar-refractivity contribution is 7.89. The Kier molecular flexibility index (Phi) is 6.11. The highest BCUT2D eigenvalue weighted by atomic mass is 32.2. The molecule has 1 amide bonds. The van der Waals surface area contributed by atoms with E-state index in [4.69, 9.17) is 4.52 Å². The summed E-state index contributed by atoms with van der Waals surface area (Å²) in [7, 11) is -3.58. The van der Waals surface area contributed by atoms with E-state index < -0.39 is 10.0 Å². The van der Waals surface area contributed by atoms with Gasteiger partial charge in [0.2, 0.25) is 21.8 Å². The maximum absolute atomic E-state index is 13.3. The summed E-state index contributed by atoms with van der Waals surface area (Å²) in [6, 6.07) is 3.67. The van der Waals surface area contributed by atoms with Crippen molar-refractivity contribution in [2.24, 2.45) is 0 Å². The fraction of sp³-hybridized carbons (Fsp3) is 0.500. The number of nitrogens with zero attached hydrogens (tertiary/aromatic N) is 3. The zero-order valence-electron chi connectivity index (χ0n) is 17.6. The molecule has 29 heavy (non-hydrogen) atoms. The fourth-order valence-corrected chi connectivity index (χ4v) is 5.63. The molecule has 2 aromatic rings. The summed E-state index contributed by atoms with van der Waals surface area (Å²) >= 11 is 0. The summed E-state index contributed by atoms with van der Waals surface area (Å²) < 4.78 is 33.1. The number of aromatic nitrogens is 1. The third kappa shape index (κ3) is 4.52. The lowest BCUT2D eigenvalue weighted by Crippen LogP contribution is -2.50. The van der Waals surface area contributed by atoms with Gasteiger partial charge < -0.3 is 4.52 Å². The van der Waals surface area contributed by atoms with Crippen molar-refractivity contribution in [1.29, 1.82) is 0 Å². The Morgan fingerprint density at radius 2 is 1.62 bits per heavy atom. The number of hydrogen-bond donors (Lipinski definition) is 1. The van der Waals surface area contributed by atoms with E-state index in [-0.39, 0.29) is 12.5 Å². The molecule has 0 unspecified atom stereocenters. The van der Waals surface area contributed by atoms with Gasteiger partial charge in [-0.1, -0.05) is 11.2 Å². The molecular formula is C20H28N4O4S. The molecule has 1 aliphatic heterocycles. The van der Waals surface area contributed by atoms with Crippen molar-refractivity contribution in [2.75, 3.05) is 38.0 Å². The number of hydrogen-bond acceptors (Lipinski definition) is 6. The van der Waals surface area contributed by atoms with Gasteiger partial charge >= 0.3 is 0 Å². The molecule has 1 N–H and O–H groups in total. The Hall–Kier alpha value is -2.23. The molecule has 8 nitrogen and oxygen atoms in total. The number of anilines is 1. The summed E-state index contributed by atoms with van der Waals surface area (Å²) in [5, 5.41) is 6.40. The number of carbonyl (C=O) groups is 1. The molecule has 0 spiro atoms. The van der Waals surface area contributed by atoms with E-state index >= 15 is 0 Å². The van der Waals surface area contributed by atoms with Crippen molar-refractivity contribution >= 4 is 21.8 Å². The Morgan fingerprint density at radius 3 is 2.14 bits per heavy atom. The maximum atomic E-state index is 13.3. The fourth-order valence-electron chi connectivity index (χ4n) is 3.63. The van der Waals surface area contributed by atoms with Crippen molar-refractivity contribution in [3.63, 3.8) is 0 Å². The first-order valence-corrected chi connectivity index (χ1v) is 11.1. The molecule has 9 heteroatoms. The van der Waals surface area contributed by atoms with Gasteiger partial charge in [-0.3, -0.25) is 15.0 Å². The molecule has 1 fully saturated rings. The van der Waals surface area contributed by atoms with E-state index in [1.807, 2.05) is 38.7 Å². The van der Waals surface area contributed by atoms with E-state index in [1.165, 1.54) is 4.31 Å². The van der Waals surface area contributed by atoms with Crippen LogP contribution in [0.1, 0.15) is 27.9 Å². The second-order valence-corrected chi connectivity index (χ2v) is 9.53. The van der Waals surface area contributed by atoms with Crippen LogP contribution in [-0.2, 0) is 14.8 Å². The second-order valence-electron chi connectivity index (χ2n) is 7.65. The molecule has 1 aromatic carbocycles. The molecule has 2 heterocycles. The number of amides is 1. The first kappa shape index (κ1) is 21.5. The van der Waals surface area contributed by atoms with E-state index in [2.05, 4.69) is 10.5 Å². The number of aryl methyl sites for hydroxylation is 3. The van der Waals surface area contributed by atoms with Crippen LogP contribution in [0.5, 0.6) is 0 Å². The molecule has 0 bridgehead atoms. The number of carbonyl (C=O) groups excluding carboxylic acids is 1. The topological polar surface area (TPSA) is 95.8 Å². The molecule has 0 aliphatic carbocycles. The van der Waals surface area contributed by atoms with Crippen LogP contribution >= 0.6 is 0 Å². The quantitative estimate of drug-likeness (QED) is 0.796. The van der Waals surface area contributed by atoms with E-state index in [9.17, 15) is 13.2 Å². The molecule has 0 saturated carbocycles. The number of nitrogens with one attached hydrogen (secondary N) is 1. The minimum Gasteiger partial charge on any atom is -0.338 e.